The molecule has 0 aliphatic carbocycles. The van der Waals surface area contributed by atoms with E-state index >= 15 is 0 Å². The van der Waals surface area contributed by atoms with E-state index in [2.05, 4.69) is 5.32 Å². The fraction of sp³-hybridized carbons (Fsp3) is 0.235. The van der Waals surface area contributed by atoms with Gasteiger partial charge in [0.1, 0.15) is 0 Å². The van der Waals surface area contributed by atoms with Gasteiger partial charge in [-0.2, -0.15) is 0 Å². The van der Waals surface area contributed by atoms with Crippen LogP contribution in [0.5, 0.6) is 0 Å². The zero-order chi connectivity index (χ0) is 14.4. The molecule has 0 saturated heterocycles. The highest BCUT2D eigenvalue weighted by atomic mass is 35.5. The molecule has 0 unspecified atom stereocenters. The Hall–Kier alpha value is -1.80. The smallest absolute Gasteiger partial charge is 0.224 e. The van der Waals surface area contributed by atoms with E-state index in [-0.39, 0.29) is 5.91 Å². The molecule has 0 aromatic heterocycles. The second-order valence-corrected chi connectivity index (χ2v) is 5.33. The van der Waals surface area contributed by atoms with Crippen LogP contribution in [-0.2, 0) is 17.6 Å². The van der Waals surface area contributed by atoms with Crippen molar-refractivity contribution in [2.75, 3.05) is 6.54 Å². The molecule has 20 heavy (non-hydrogen) atoms. The molecule has 1 N–H and O–H groups in total. The van der Waals surface area contributed by atoms with Crippen molar-refractivity contribution in [1.82, 2.24) is 5.32 Å². The first-order valence-electron chi connectivity index (χ1n) is 6.70. The average molecular weight is 288 g/mol. The largest absolute Gasteiger partial charge is 0.355 e. The molecule has 2 rings (SSSR count). The van der Waals surface area contributed by atoms with Gasteiger partial charge < -0.3 is 5.32 Å². The van der Waals surface area contributed by atoms with Crippen LogP contribution in [0.1, 0.15) is 16.7 Å². The van der Waals surface area contributed by atoms with Crippen molar-refractivity contribution < 1.29 is 4.79 Å². The number of carbonyl (C=O) groups is 1. The van der Waals surface area contributed by atoms with Gasteiger partial charge in [-0.1, -0.05) is 53.6 Å². The fourth-order valence-corrected chi connectivity index (χ4v) is 2.21. The van der Waals surface area contributed by atoms with Gasteiger partial charge in [0.05, 0.1) is 6.42 Å². The van der Waals surface area contributed by atoms with Crippen LogP contribution in [0.3, 0.4) is 0 Å². The monoisotopic (exact) mass is 287 g/mol. The van der Waals surface area contributed by atoms with E-state index in [4.69, 9.17) is 11.6 Å². The molecule has 0 fully saturated rings. The van der Waals surface area contributed by atoms with Gasteiger partial charge in [0.15, 0.2) is 0 Å². The van der Waals surface area contributed by atoms with Crippen LogP contribution in [-0.4, -0.2) is 12.5 Å². The quantitative estimate of drug-likeness (QED) is 0.895. The third-order valence-electron chi connectivity index (χ3n) is 3.11. The first-order valence-corrected chi connectivity index (χ1v) is 7.08. The Morgan fingerprint density at radius 3 is 2.55 bits per heavy atom. The van der Waals surface area contributed by atoms with E-state index in [0.29, 0.717) is 13.0 Å². The number of aryl methyl sites for hydroxylation is 1. The Morgan fingerprint density at radius 2 is 1.85 bits per heavy atom. The molecule has 0 aliphatic heterocycles. The fourth-order valence-electron chi connectivity index (χ4n) is 1.99. The van der Waals surface area contributed by atoms with E-state index in [9.17, 15) is 4.79 Å². The van der Waals surface area contributed by atoms with Crippen molar-refractivity contribution in [2.24, 2.45) is 0 Å². The summed E-state index contributed by atoms with van der Waals surface area (Å²) < 4.78 is 0. The predicted octanol–water partition coefficient (Wildman–Crippen LogP) is 3.55. The lowest BCUT2D eigenvalue weighted by molar-refractivity contribution is -0.120. The van der Waals surface area contributed by atoms with Crippen molar-refractivity contribution >= 4 is 17.5 Å². The Balaban J connectivity index is 1.76. The highest BCUT2D eigenvalue weighted by Gasteiger charge is 2.03. The minimum atomic E-state index is 0.0517. The van der Waals surface area contributed by atoms with Gasteiger partial charge in [-0.3, -0.25) is 4.79 Å². The van der Waals surface area contributed by atoms with Crippen molar-refractivity contribution in [1.29, 1.82) is 0 Å². The Kier molecular flexibility index (Phi) is 5.19. The summed E-state index contributed by atoms with van der Waals surface area (Å²) in [5, 5.41) is 3.66. The Morgan fingerprint density at radius 1 is 1.10 bits per heavy atom. The van der Waals surface area contributed by atoms with Gasteiger partial charge in [-0.15, -0.1) is 0 Å². The van der Waals surface area contributed by atoms with Crippen LogP contribution in [0.15, 0.2) is 48.5 Å². The minimum absolute atomic E-state index is 0.0517. The lowest BCUT2D eigenvalue weighted by Crippen LogP contribution is -2.27. The molecule has 1 amide bonds. The molecule has 0 saturated carbocycles. The van der Waals surface area contributed by atoms with Gasteiger partial charge in [0.25, 0.3) is 0 Å². The van der Waals surface area contributed by atoms with Crippen LogP contribution >= 0.6 is 11.6 Å². The molecule has 104 valence electrons. The molecule has 0 radical (unpaired) electrons. The minimum Gasteiger partial charge on any atom is -0.355 e. The third-order valence-corrected chi connectivity index (χ3v) is 3.35. The van der Waals surface area contributed by atoms with E-state index in [1.54, 1.807) is 0 Å². The Bertz CT molecular complexity index is 578. The van der Waals surface area contributed by atoms with Crippen LogP contribution in [0.2, 0.25) is 5.02 Å². The van der Waals surface area contributed by atoms with Crippen LogP contribution in [0.25, 0.3) is 0 Å². The maximum atomic E-state index is 11.8. The molecular weight excluding hydrogens is 270 g/mol. The van der Waals surface area contributed by atoms with E-state index in [1.807, 2.05) is 55.5 Å². The number of hydrogen-bond donors (Lipinski definition) is 1. The number of nitrogens with one attached hydrogen (secondary N) is 1. The summed E-state index contributed by atoms with van der Waals surface area (Å²) in [7, 11) is 0. The summed E-state index contributed by atoms with van der Waals surface area (Å²) in [6.07, 6.45) is 1.22. The van der Waals surface area contributed by atoms with E-state index in [1.165, 1.54) is 5.56 Å². The molecule has 2 nitrogen and oxygen atoms in total. The maximum absolute atomic E-state index is 11.8. The molecule has 2 aromatic rings. The summed E-state index contributed by atoms with van der Waals surface area (Å²) in [5.41, 5.74) is 3.37. The van der Waals surface area contributed by atoms with Crippen molar-refractivity contribution in [3.05, 3.63) is 70.2 Å². The summed E-state index contributed by atoms with van der Waals surface area (Å²) in [5.74, 6) is 0.0517. The van der Waals surface area contributed by atoms with Gasteiger partial charge in [0, 0.05) is 11.6 Å². The van der Waals surface area contributed by atoms with Gasteiger partial charge in [0.2, 0.25) is 5.91 Å². The molecule has 3 heteroatoms. The summed E-state index contributed by atoms with van der Waals surface area (Å²) >= 11 is 5.92. The van der Waals surface area contributed by atoms with Crippen LogP contribution in [0.4, 0.5) is 0 Å². The molecular formula is C17H18ClNO. The first-order chi connectivity index (χ1) is 9.63. The van der Waals surface area contributed by atoms with Crippen molar-refractivity contribution in [3.63, 3.8) is 0 Å². The SMILES string of the molecule is Cc1ccc(CC(=O)NCCc2cccc(Cl)c2)cc1. The van der Waals surface area contributed by atoms with Crippen LogP contribution < -0.4 is 5.32 Å². The third kappa shape index (κ3) is 4.71. The van der Waals surface area contributed by atoms with Gasteiger partial charge >= 0.3 is 0 Å². The number of amides is 1. The standard InChI is InChI=1S/C17H18ClNO/c1-13-5-7-15(8-6-13)12-17(20)19-10-9-14-3-2-4-16(18)11-14/h2-8,11H,9-10,12H2,1H3,(H,19,20). The van der Waals surface area contributed by atoms with Crippen LogP contribution in [0, 0.1) is 6.92 Å². The molecule has 2 aromatic carbocycles. The summed E-state index contributed by atoms with van der Waals surface area (Å²) in [6.45, 7) is 2.67. The van der Waals surface area contributed by atoms with E-state index < -0.39 is 0 Å². The lowest BCUT2D eigenvalue weighted by Gasteiger charge is -2.06. The molecule has 0 atom stereocenters. The second-order valence-electron chi connectivity index (χ2n) is 4.89. The zero-order valence-corrected chi connectivity index (χ0v) is 12.3. The van der Waals surface area contributed by atoms with E-state index in [0.717, 1.165) is 22.6 Å². The number of halogens is 1. The molecule has 0 heterocycles. The topological polar surface area (TPSA) is 29.1 Å². The molecule has 0 bridgehead atoms. The number of rotatable bonds is 5. The highest BCUT2D eigenvalue weighted by molar-refractivity contribution is 6.30. The Labute approximate surface area is 124 Å². The first kappa shape index (κ1) is 14.6. The lowest BCUT2D eigenvalue weighted by atomic mass is 10.1. The molecule has 0 aliphatic rings. The summed E-state index contributed by atoms with van der Waals surface area (Å²) in [4.78, 5) is 11.8. The normalized spacial score (nSPS) is 10.3. The van der Waals surface area contributed by atoms with Crippen molar-refractivity contribution in [3.8, 4) is 0 Å². The predicted molar refractivity (Wildman–Crippen MR) is 83.0 cm³/mol. The van der Waals surface area contributed by atoms with Gasteiger partial charge in [-0.25, -0.2) is 0 Å². The number of hydrogen-bond acceptors (Lipinski definition) is 1. The summed E-state index contributed by atoms with van der Waals surface area (Å²) in [6, 6.07) is 15.7. The average Bonchev–Trinajstić information content (AvgIpc) is 2.41. The second kappa shape index (κ2) is 7.11. The number of carbonyl (C=O) groups excluding carboxylic acids is 1. The highest BCUT2D eigenvalue weighted by Crippen LogP contribution is 2.10. The molecule has 0 spiro atoms. The number of benzene rings is 2. The maximum Gasteiger partial charge on any atom is 0.224 e. The van der Waals surface area contributed by atoms with Crippen molar-refractivity contribution in [2.45, 2.75) is 19.8 Å². The van der Waals surface area contributed by atoms with Gasteiger partial charge in [-0.05, 0) is 36.6 Å². The zero-order valence-electron chi connectivity index (χ0n) is 11.5.